The van der Waals surface area contributed by atoms with E-state index >= 15 is 0 Å². The maximum absolute atomic E-state index is 12.4. The van der Waals surface area contributed by atoms with Gasteiger partial charge in [-0.15, -0.1) is 0 Å². The summed E-state index contributed by atoms with van der Waals surface area (Å²) in [6, 6.07) is 4.99. The predicted molar refractivity (Wildman–Crippen MR) is 68.1 cm³/mol. The van der Waals surface area contributed by atoms with Crippen molar-refractivity contribution < 1.29 is 18.0 Å². The molecule has 2 amide bonds. The molecule has 0 atom stereocenters. The van der Waals surface area contributed by atoms with Gasteiger partial charge in [0.05, 0.1) is 5.56 Å². The van der Waals surface area contributed by atoms with Gasteiger partial charge < -0.3 is 15.5 Å². The number of benzene rings is 1. The average Bonchev–Trinajstić information content (AvgIpc) is 2.80. The number of hydrogen-bond acceptors (Lipinski definition) is 2. The van der Waals surface area contributed by atoms with Gasteiger partial charge in [-0.2, -0.15) is 13.2 Å². The molecule has 0 aromatic heterocycles. The number of alkyl halides is 3. The number of rotatable bonds is 5. The molecular weight excluding hydrogens is 271 g/mol. The molecule has 2 N–H and O–H groups in total. The lowest BCUT2D eigenvalue weighted by atomic mass is 10.1. The molecule has 110 valence electrons. The van der Waals surface area contributed by atoms with Crippen LogP contribution in [0, 0.1) is 0 Å². The van der Waals surface area contributed by atoms with Crippen molar-refractivity contribution in [3.63, 3.8) is 0 Å². The summed E-state index contributed by atoms with van der Waals surface area (Å²) in [4.78, 5) is 12.9. The number of nitrogens with zero attached hydrogens (tertiary/aromatic N) is 1. The van der Waals surface area contributed by atoms with Gasteiger partial charge in [0, 0.05) is 32.7 Å². The van der Waals surface area contributed by atoms with Gasteiger partial charge in [-0.3, -0.25) is 0 Å². The maximum atomic E-state index is 12.4. The third-order valence-electron chi connectivity index (χ3n) is 3.11. The van der Waals surface area contributed by atoms with E-state index in [1.54, 1.807) is 4.90 Å². The zero-order chi connectivity index (χ0) is 14.6. The highest BCUT2D eigenvalue weighted by Gasteiger charge is 2.29. The predicted octanol–water partition coefficient (Wildman–Crippen LogP) is 1.82. The van der Waals surface area contributed by atoms with Crippen LogP contribution in [0.25, 0.3) is 0 Å². The molecule has 0 bridgehead atoms. The number of amides is 2. The van der Waals surface area contributed by atoms with E-state index in [1.807, 2.05) is 0 Å². The Morgan fingerprint density at radius 1 is 1.25 bits per heavy atom. The van der Waals surface area contributed by atoms with Crippen LogP contribution in [0.3, 0.4) is 0 Å². The van der Waals surface area contributed by atoms with Crippen LogP contribution in [-0.2, 0) is 12.7 Å². The van der Waals surface area contributed by atoms with Gasteiger partial charge in [0.25, 0.3) is 0 Å². The van der Waals surface area contributed by atoms with Gasteiger partial charge in [-0.05, 0) is 17.7 Å². The number of carbonyl (C=O) groups is 1. The van der Waals surface area contributed by atoms with Crippen molar-refractivity contribution in [1.82, 2.24) is 15.5 Å². The Hall–Kier alpha value is -1.76. The second kappa shape index (κ2) is 6.13. The van der Waals surface area contributed by atoms with Gasteiger partial charge >= 0.3 is 12.2 Å². The Kier molecular flexibility index (Phi) is 4.49. The number of carbonyl (C=O) groups excluding carboxylic acids is 1. The Morgan fingerprint density at radius 2 is 1.95 bits per heavy atom. The molecular formula is C13H16F3N3O. The molecule has 0 unspecified atom stereocenters. The van der Waals surface area contributed by atoms with E-state index in [9.17, 15) is 18.0 Å². The van der Waals surface area contributed by atoms with Gasteiger partial charge in [-0.25, -0.2) is 4.79 Å². The summed E-state index contributed by atoms with van der Waals surface area (Å²) >= 11 is 0. The summed E-state index contributed by atoms with van der Waals surface area (Å²) in [7, 11) is 0. The number of halogens is 3. The highest BCUT2D eigenvalue weighted by Crippen LogP contribution is 2.28. The lowest BCUT2D eigenvalue weighted by molar-refractivity contribution is -0.137. The van der Waals surface area contributed by atoms with E-state index in [0.29, 0.717) is 32.7 Å². The van der Waals surface area contributed by atoms with Crippen LogP contribution in [0.2, 0.25) is 0 Å². The molecule has 0 spiro atoms. The number of hydrogen-bond donors (Lipinski definition) is 2. The first kappa shape index (κ1) is 14.6. The summed E-state index contributed by atoms with van der Waals surface area (Å²) in [5.41, 5.74) is 0.138. The van der Waals surface area contributed by atoms with E-state index in [1.165, 1.54) is 12.1 Å². The first-order chi connectivity index (χ1) is 9.47. The fraction of sp³-hybridized carbons (Fsp3) is 0.462. The van der Waals surface area contributed by atoms with Crippen LogP contribution in [0.5, 0.6) is 0 Å². The average molecular weight is 287 g/mol. The summed E-state index contributed by atoms with van der Waals surface area (Å²) in [6.45, 7) is 3.03. The van der Waals surface area contributed by atoms with Crippen LogP contribution in [0.15, 0.2) is 24.3 Å². The zero-order valence-electron chi connectivity index (χ0n) is 10.8. The molecule has 1 aromatic rings. The number of urea groups is 1. The van der Waals surface area contributed by atoms with E-state index in [2.05, 4.69) is 10.6 Å². The van der Waals surface area contributed by atoms with Crippen LogP contribution < -0.4 is 10.6 Å². The van der Waals surface area contributed by atoms with E-state index in [-0.39, 0.29) is 6.03 Å². The summed E-state index contributed by atoms with van der Waals surface area (Å²) in [5.74, 6) is 0. The van der Waals surface area contributed by atoms with Crippen molar-refractivity contribution in [3.05, 3.63) is 35.4 Å². The van der Waals surface area contributed by atoms with Crippen molar-refractivity contribution in [2.75, 3.05) is 26.2 Å². The standard InChI is InChI=1S/C13H16F3N3O/c14-13(15,16)11-3-1-10(2-4-11)9-17-5-7-19-8-6-18-12(19)20/h1-4,17H,5-9H2,(H,18,20). The van der Waals surface area contributed by atoms with Crippen LogP contribution >= 0.6 is 0 Å². The monoisotopic (exact) mass is 287 g/mol. The first-order valence-corrected chi connectivity index (χ1v) is 6.36. The quantitative estimate of drug-likeness (QED) is 0.811. The second-order valence-electron chi connectivity index (χ2n) is 4.59. The van der Waals surface area contributed by atoms with Gasteiger partial charge in [0.15, 0.2) is 0 Å². The molecule has 7 heteroatoms. The van der Waals surface area contributed by atoms with Gasteiger partial charge in [0.1, 0.15) is 0 Å². The minimum atomic E-state index is -4.30. The zero-order valence-corrected chi connectivity index (χ0v) is 10.8. The van der Waals surface area contributed by atoms with Crippen molar-refractivity contribution in [2.24, 2.45) is 0 Å². The summed E-state index contributed by atoms with van der Waals surface area (Å²) in [5, 5.41) is 5.81. The molecule has 1 fully saturated rings. The first-order valence-electron chi connectivity index (χ1n) is 6.36. The molecule has 1 saturated heterocycles. The third kappa shape index (κ3) is 3.86. The van der Waals surface area contributed by atoms with E-state index in [4.69, 9.17) is 0 Å². The van der Waals surface area contributed by atoms with Crippen LogP contribution in [0.4, 0.5) is 18.0 Å². The normalized spacial score (nSPS) is 15.6. The highest BCUT2D eigenvalue weighted by molar-refractivity contribution is 5.76. The fourth-order valence-corrected chi connectivity index (χ4v) is 1.98. The molecule has 1 aliphatic rings. The summed E-state index contributed by atoms with van der Waals surface area (Å²) < 4.78 is 37.1. The third-order valence-corrected chi connectivity index (χ3v) is 3.11. The molecule has 20 heavy (non-hydrogen) atoms. The molecule has 1 aliphatic heterocycles. The molecule has 0 aliphatic carbocycles. The Morgan fingerprint density at radius 3 is 2.50 bits per heavy atom. The van der Waals surface area contributed by atoms with Gasteiger partial charge in [-0.1, -0.05) is 12.1 Å². The largest absolute Gasteiger partial charge is 0.416 e. The smallest absolute Gasteiger partial charge is 0.336 e. The minimum absolute atomic E-state index is 0.0682. The lowest BCUT2D eigenvalue weighted by Crippen LogP contribution is -2.34. The lowest BCUT2D eigenvalue weighted by Gasteiger charge is -2.14. The van der Waals surface area contributed by atoms with Crippen molar-refractivity contribution in [1.29, 1.82) is 0 Å². The summed E-state index contributed by atoms with van der Waals surface area (Å²) in [6.07, 6.45) is -4.30. The van der Waals surface area contributed by atoms with Crippen LogP contribution in [0.1, 0.15) is 11.1 Å². The van der Waals surface area contributed by atoms with E-state index in [0.717, 1.165) is 17.7 Å². The second-order valence-corrected chi connectivity index (χ2v) is 4.59. The van der Waals surface area contributed by atoms with Crippen molar-refractivity contribution >= 4 is 6.03 Å². The Bertz CT molecular complexity index is 459. The van der Waals surface area contributed by atoms with Gasteiger partial charge in [0.2, 0.25) is 0 Å². The minimum Gasteiger partial charge on any atom is -0.336 e. The molecule has 2 rings (SSSR count). The highest BCUT2D eigenvalue weighted by atomic mass is 19.4. The van der Waals surface area contributed by atoms with E-state index < -0.39 is 11.7 Å². The SMILES string of the molecule is O=C1NCCN1CCNCc1ccc(C(F)(F)F)cc1. The van der Waals surface area contributed by atoms with Crippen molar-refractivity contribution in [3.8, 4) is 0 Å². The van der Waals surface area contributed by atoms with Crippen molar-refractivity contribution in [2.45, 2.75) is 12.7 Å². The molecule has 1 heterocycles. The topological polar surface area (TPSA) is 44.4 Å². The van der Waals surface area contributed by atoms with Crippen LogP contribution in [-0.4, -0.2) is 37.1 Å². The maximum Gasteiger partial charge on any atom is 0.416 e. The molecule has 1 aromatic carbocycles. The Labute approximate surface area is 114 Å². The fourth-order valence-electron chi connectivity index (χ4n) is 1.98. The number of nitrogens with one attached hydrogen (secondary N) is 2. The molecule has 4 nitrogen and oxygen atoms in total. The molecule has 0 radical (unpaired) electrons. The Balaban J connectivity index is 1.73. The molecule has 0 saturated carbocycles.